The van der Waals surface area contributed by atoms with E-state index in [1.165, 1.54) is 9.96 Å². The standard InChI is InChI=1S/C20H20N4O4/c1-2-12-5-7-14(8-6-12)24-19(26)16-17(13-4-3-9-22-10-13)23(11-15(21)25)28-18(16)20(24)27/h3-10,16-18H,2,11H2,1H3,(H2,21,25). The third-order valence-electron chi connectivity index (χ3n) is 5.14. The summed E-state index contributed by atoms with van der Waals surface area (Å²) in [5.74, 6) is -2.19. The molecule has 144 valence electrons. The van der Waals surface area contributed by atoms with Crippen molar-refractivity contribution in [2.75, 3.05) is 11.4 Å². The molecule has 2 fully saturated rings. The topological polar surface area (TPSA) is 106 Å². The molecule has 0 spiro atoms. The van der Waals surface area contributed by atoms with Crippen LogP contribution in [0.3, 0.4) is 0 Å². The van der Waals surface area contributed by atoms with Crippen LogP contribution in [-0.4, -0.2) is 40.4 Å². The Morgan fingerprint density at radius 1 is 1.18 bits per heavy atom. The summed E-state index contributed by atoms with van der Waals surface area (Å²) in [5.41, 5.74) is 7.62. The van der Waals surface area contributed by atoms with E-state index in [0.717, 1.165) is 12.0 Å². The molecule has 3 amide bonds. The molecule has 28 heavy (non-hydrogen) atoms. The summed E-state index contributed by atoms with van der Waals surface area (Å²) in [5, 5.41) is 1.32. The Kier molecular flexibility index (Phi) is 4.66. The van der Waals surface area contributed by atoms with E-state index in [4.69, 9.17) is 10.6 Å². The highest BCUT2D eigenvalue weighted by atomic mass is 16.7. The van der Waals surface area contributed by atoms with Crippen molar-refractivity contribution in [2.45, 2.75) is 25.5 Å². The molecule has 2 aromatic rings. The maximum atomic E-state index is 13.2. The zero-order chi connectivity index (χ0) is 19.8. The molecule has 4 rings (SSSR count). The van der Waals surface area contributed by atoms with Gasteiger partial charge >= 0.3 is 0 Å². The molecule has 8 heteroatoms. The van der Waals surface area contributed by atoms with Crippen LogP contribution < -0.4 is 10.6 Å². The number of carbonyl (C=O) groups excluding carboxylic acids is 3. The second kappa shape index (κ2) is 7.14. The average Bonchev–Trinajstić information content (AvgIpc) is 3.17. The second-order valence-electron chi connectivity index (χ2n) is 6.86. The van der Waals surface area contributed by atoms with Gasteiger partial charge in [-0.1, -0.05) is 25.1 Å². The fourth-order valence-electron chi connectivity index (χ4n) is 3.82. The van der Waals surface area contributed by atoms with Gasteiger partial charge in [-0.3, -0.25) is 24.2 Å². The summed E-state index contributed by atoms with van der Waals surface area (Å²) in [7, 11) is 0. The molecule has 2 aliphatic rings. The zero-order valence-corrected chi connectivity index (χ0v) is 15.3. The van der Waals surface area contributed by atoms with Gasteiger partial charge in [-0.05, 0) is 35.7 Å². The van der Waals surface area contributed by atoms with Crippen molar-refractivity contribution >= 4 is 23.4 Å². The number of benzene rings is 1. The maximum absolute atomic E-state index is 13.2. The monoisotopic (exact) mass is 380 g/mol. The number of amides is 3. The highest BCUT2D eigenvalue weighted by Crippen LogP contribution is 2.45. The van der Waals surface area contributed by atoms with E-state index in [-0.39, 0.29) is 12.5 Å². The largest absolute Gasteiger partial charge is 0.368 e. The number of fused-ring (bicyclic) bond motifs is 1. The number of nitrogens with zero attached hydrogens (tertiary/aromatic N) is 3. The van der Waals surface area contributed by atoms with Gasteiger partial charge in [0.2, 0.25) is 11.8 Å². The first-order valence-corrected chi connectivity index (χ1v) is 9.09. The highest BCUT2D eigenvalue weighted by molar-refractivity contribution is 6.23. The lowest BCUT2D eigenvalue weighted by Gasteiger charge is -2.26. The van der Waals surface area contributed by atoms with Crippen LogP contribution in [0.15, 0.2) is 48.8 Å². The molecule has 3 atom stereocenters. The van der Waals surface area contributed by atoms with E-state index in [2.05, 4.69) is 4.98 Å². The van der Waals surface area contributed by atoms with Crippen LogP contribution in [-0.2, 0) is 25.6 Å². The number of imide groups is 1. The Bertz CT molecular complexity index is 916. The average molecular weight is 380 g/mol. The van der Waals surface area contributed by atoms with Gasteiger partial charge in [-0.25, -0.2) is 4.90 Å². The van der Waals surface area contributed by atoms with Gasteiger partial charge in [0.25, 0.3) is 5.91 Å². The predicted octanol–water partition coefficient (Wildman–Crippen LogP) is 0.976. The van der Waals surface area contributed by atoms with Crippen LogP contribution in [0.5, 0.6) is 0 Å². The van der Waals surface area contributed by atoms with Gasteiger partial charge in [0.1, 0.15) is 6.54 Å². The molecule has 3 heterocycles. The molecule has 0 bridgehead atoms. The summed E-state index contributed by atoms with van der Waals surface area (Å²) < 4.78 is 0. The fraction of sp³-hybridized carbons (Fsp3) is 0.300. The molecule has 8 nitrogen and oxygen atoms in total. The van der Waals surface area contributed by atoms with Crippen molar-refractivity contribution < 1.29 is 19.2 Å². The molecule has 2 aliphatic heterocycles. The lowest BCUT2D eigenvalue weighted by Crippen LogP contribution is -2.40. The summed E-state index contributed by atoms with van der Waals surface area (Å²) in [6, 6.07) is 10.2. The Balaban J connectivity index is 1.70. The van der Waals surface area contributed by atoms with Crippen molar-refractivity contribution in [3.05, 3.63) is 59.9 Å². The smallest absolute Gasteiger partial charge is 0.265 e. The van der Waals surface area contributed by atoms with E-state index in [1.54, 1.807) is 36.7 Å². The Hall–Kier alpha value is -3.10. The SMILES string of the molecule is CCc1ccc(N2C(=O)C3ON(CC(N)=O)C(c4cccnc4)C3C2=O)cc1. The van der Waals surface area contributed by atoms with Gasteiger partial charge < -0.3 is 5.73 Å². The van der Waals surface area contributed by atoms with Crippen LogP contribution in [0.1, 0.15) is 24.1 Å². The number of primary amides is 1. The molecule has 1 aromatic carbocycles. The van der Waals surface area contributed by atoms with Crippen molar-refractivity contribution in [1.82, 2.24) is 10.0 Å². The number of aromatic nitrogens is 1. The number of anilines is 1. The van der Waals surface area contributed by atoms with Gasteiger partial charge in [-0.2, -0.15) is 5.06 Å². The van der Waals surface area contributed by atoms with Gasteiger partial charge in [0.05, 0.1) is 17.6 Å². The van der Waals surface area contributed by atoms with Crippen molar-refractivity contribution in [2.24, 2.45) is 11.7 Å². The number of pyridine rings is 1. The summed E-state index contributed by atoms with van der Waals surface area (Å²) in [6.07, 6.45) is 3.07. The van der Waals surface area contributed by atoms with E-state index in [9.17, 15) is 14.4 Å². The van der Waals surface area contributed by atoms with E-state index in [0.29, 0.717) is 11.3 Å². The minimum absolute atomic E-state index is 0.224. The minimum atomic E-state index is -0.997. The predicted molar refractivity (Wildman–Crippen MR) is 99.6 cm³/mol. The number of carbonyl (C=O) groups is 3. The van der Waals surface area contributed by atoms with Crippen LogP contribution in [0.4, 0.5) is 5.69 Å². The molecule has 1 aromatic heterocycles. The van der Waals surface area contributed by atoms with Crippen LogP contribution in [0.25, 0.3) is 0 Å². The highest BCUT2D eigenvalue weighted by Gasteiger charge is 2.60. The van der Waals surface area contributed by atoms with E-state index < -0.39 is 29.9 Å². The van der Waals surface area contributed by atoms with Crippen molar-refractivity contribution in [3.8, 4) is 0 Å². The van der Waals surface area contributed by atoms with Crippen LogP contribution in [0, 0.1) is 5.92 Å². The number of rotatable bonds is 5. The normalized spacial score (nSPS) is 24.6. The second-order valence-corrected chi connectivity index (χ2v) is 6.86. The van der Waals surface area contributed by atoms with Crippen LogP contribution in [0.2, 0.25) is 0 Å². The fourth-order valence-corrected chi connectivity index (χ4v) is 3.82. The number of hydroxylamine groups is 2. The van der Waals surface area contributed by atoms with Gasteiger partial charge in [0.15, 0.2) is 6.10 Å². The van der Waals surface area contributed by atoms with Crippen LogP contribution >= 0.6 is 0 Å². The number of hydrogen-bond donors (Lipinski definition) is 1. The lowest BCUT2D eigenvalue weighted by atomic mass is 9.92. The molecule has 0 saturated carbocycles. The number of hydrogen-bond acceptors (Lipinski definition) is 6. The van der Waals surface area contributed by atoms with Gasteiger partial charge in [0, 0.05) is 12.4 Å². The summed E-state index contributed by atoms with van der Waals surface area (Å²) in [6.45, 7) is 1.81. The number of nitrogens with two attached hydrogens (primary N) is 1. The minimum Gasteiger partial charge on any atom is -0.368 e. The molecule has 2 saturated heterocycles. The lowest BCUT2D eigenvalue weighted by molar-refractivity contribution is -0.175. The quantitative estimate of drug-likeness (QED) is 0.775. The van der Waals surface area contributed by atoms with E-state index in [1.807, 2.05) is 19.1 Å². The van der Waals surface area contributed by atoms with E-state index >= 15 is 0 Å². The molecule has 0 radical (unpaired) electrons. The summed E-state index contributed by atoms with van der Waals surface area (Å²) >= 11 is 0. The maximum Gasteiger partial charge on any atom is 0.265 e. The summed E-state index contributed by atoms with van der Waals surface area (Å²) in [4.78, 5) is 48.7. The molecular formula is C20H20N4O4. The third-order valence-corrected chi connectivity index (χ3v) is 5.14. The Morgan fingerprint density at radius 2 is 1.93 bits per heavy atom. The molecule has 0 aliphatic carbocycles. The first kappa shape index (κ1) is 18.3. The molecule has 3 unspecified atom stereocenters. The first-order chi connectivity index (χ1) is 13.5. The molecule has 2 N–H and O–H groups in total. The zero-order valence-electron chi connectivity index (χ0n) is 15.3. The van der Waals surface area contributed by atoms with Crippen molar-refractivity contribution in [1.29, 1.82) is 0 Å². The first-order valence-electron chi connectivity index (χ1n) is 9.09. The third kappa shape index (κ3) is 2.96. The molecular weight excluding hydrogens is 360 g/mol. The number of aryl methyl sites for hydroxylation is 1. The van der Waals surface area contributed by atoms with Gasteiger partial charge in [-0.15, -0.1) is 0 Å². The van der Waals surface area contributed by atoms with Crippen molar-refractivity contribution in [3.63, 3.8) is 0 Å². The Morgan fingerprint density at radius 3 is 2.54 bits per heavy atom. The Labute approximate surface area is 161 Å².